The van der Waals surface area contributed by atoms with Gasteiger partial charge in [-0.25, -0.2) is 0 Å². The lowest BCUT2D eigenvalue weighted by Gasteiger charge is -2.18. The van der Waals surface area contributed by atoms with E-state index in [2.05, 4.69) is 27.9 Å². The summed E-state index contributed by atoms with van der Waals surface area (Å²) in [4.78, 5) is 39.8. The Morgan fingerprint density at radius 3 is 2.59 bits per heavy atom. The van der Waals surface area contributed by atoms with Gasteiger partial charge in [-0.3, -0.25) is 19.3 Å². The second-order valence-corrected chi connectivity index (χ2v) is 8.92. The van der Waals surface area contributed by atoms with Gasteiger partial charge in [0.1, 0.15) is 0 Å². The molecule has 2 aromatic carbocycles. The molecular formula is C23H21IN2O3. The summed E-state index contributed by atoms with van der Waals surface area (Å²) >= 11 is 2.23. The number of carbonyl (C=O) groups excluding carboxylic acids is 3. The number of hydrogen-bond donors (Lipinski definition) is 1. The lowest BCUT2D eigenvalue weighted by molar-refractivity contribution is -0.122. The largest absolute Gasteiger partial charge is 0.322 e. The normalized spacial score (nSPS) is 21.1. The molecule has 1 N–H and O–H groups in total. The van der Waals surface area contributed by atoms with Gasteiger partial charge in [-0.05, 0) is 91.2 Å². The van der Waals surface area contributed by atoms with Crippen molar-refractivity contribution in [2.24, 2.45) is 11.8 Å². The number of nitrogens with zero attached hydrogens (tertiary/aromatic N) is 1. The fraction of sp³-hybridized carbons (Fsp3) is 0.261. The second-order valence-electron chi connectivity index (χ2n) is 7.68. The molecule has 0 spiro atoms. The molecule has 6 heteroatoms. The molecule has 1 fully saturated rings. The van der Waals surface area contributed by atoms with Gasteiger partial charge in [-0.1, -0.05) is 17.7 Å². The predicted octanol–water partition coefficient (Wildman–Crippen LogP) is 4.70. The Labute approximate surface area is 183 Å². The summed E-state index contributed by atoms with van der Waals surface area (Å²) in [7, 11) is 0. The molecule has 5 nitrogen and oxygen atoms in total. The number of hydrogen-bond acceptors (Lipinski definition) is 3. The van der Waals surface area contributed by atoms with Gasteiger partial charge in [0.05, 0.1) is 17.5 Å². The Bertz CT molecular complexity index is 1060. The van der Waals surface area contributed by atoms with Gasteiger partial charge in [0.2, 0.25) is 11.8 Å². The molecule has 0 saturated carbocycles. The van der Waals surface area contributed by atoms with E-state index in [1.807, 2.05) is 38.1 Å². The van der Waals surface area contributed by atoms with Gasteiger partial charge in [-0.15, -0.1) is 0 Å². The standard InChI is InChI=1S/C23H21IN2O3/c1-13-6-8-18-19(10-13)23(29)26(22(18)28)17-5-3-4-15(12-17)21(27)25-20-9-7-16(24)11-14(20)2/h3-7,9,11-12,18-19H,8,10H2,1-2H3,(H,25,27)/t18-,19+/m0/s1. The van der Waals surface area contributed by atoms with Crippen LogP contribution in [0, 0.1) is 22.3 Å². The molecular weight excluding hydrogens is 479 g/mol. The summed E-state index contributed by atoms with van der Waals surface area (Å²) < 4.78 is 1.09. The van der Waals surface area contributed by atoms with Crippen molar-refractivity contribution in [3.63, 3.8) is 0 Å². The maximum absolute atomic E-state index is 12.9. The van der Waals surface area contributed by atoms with E-state index >= 15 is 0 Å². The van der Waals surface area contributed by atoms with E-state index in [1.54, 1.807) is 24.3 Å². The van der Waals surface area contributed by atoms with Crippen LogP contribution in [0.15, 0.2) is 54.1 Å². The van der Waals surface area contributed by atoms with Crippen molar-refractivity contribution in [2.45, 2.75) is 26.7 Å². The monoisotopic (exact) mass is 500 g/mol. The number of halogens is 1. The molecule has 1 aliphatic carbocycles. The highest BCUT2D eigenvalue weighted by Gasteiger charge is 2.48. The third kappa shape index (κ3) is 3.73. The summed E-state index contributed by atoms with van der Waals surface area (Å²) in [5, 5.41) is 2.91. The molecule has 29 heavy (non-hydrogen) atoms. The van der Waals surface area contributed by atoms with Crippen LogP contribution in [-0.2, 0) is 9.59 Å². The first kappa shape index (κ1) is 19.8. The average molecular weight is 500 g/mol. The Morgan fingerprint density at radius 1 is 1.07 bits per heavy atom. The highest BCUT2D eigenvalue weighted by Crippen LogP contribution is 2.39. The van der Waals surface area contributed by atoms with Crippen LogP contribution in [0.1, 0.15) is 35.7 Å². The molecule has 0 aromatic heterocycles. The van der Waals surface area contributed by atoms with E-state index in [0.29, 0.717) is 24.1 Å². The maximum atomic E-state index is 12.9. The molecule has 3 amide bonds. The number of aryl methyl sites for hydroxylation is 1. The van der Waals surface area contributed by atoms with Crippen molar-refractivity contribution in [2.75, 3.05) is 10.2 Å². The van der Waals surface area contributed by atoms with Gasteiger partial charge in [0.25, 0.3) is 5.91 Å². The van der Waals surface area contributed by atoms with Crippen LogP contribution in [0.4, 0.5) is 11.4 Å². The Balaban J connectivity index is 1.58. The Hall–Kier alpha value is -2.48. The van der Waals surface area contributed by atoms with Crippen molar-refractivity contribution in [3.05, 3.63) is 68.8 Å². The number of imide groups is 1. The van der Waals surface area contributed by atoms with E-state index < -0.39 is 0 Å². The Kier molecular flexibility index (Phi) is 5.29. The molecule has 2 aromatic rings. The van der Waals surface area contributed by atoms with E-state index in [9.17, 15) is 14.4 Å². The van der Waals surface area contributed by atoms with Gasteiger partial charge in [0.15, 0.2) is 0 Å². The van der Waals surface area contributed by atoms with Crippen LogP contribution in [-0.4, -0.2) is 17.7 Å². The molecule has 1 aliphatic heterocycles. The minimum absolute atomic E-state index is 0.168. The first-order chi connectivity index (χ1) is 13.8. The van der Waals surface area contributed by atoms with Crippen molar-refractivity contribution >= 4 is 51.7 Å². The van der Waals surface area contributed by atoms with Crippen LogP contribution in [0.3, 0.4) is 0 Å². The predicted molar refractivity (Wildman–Crippen MR) is 121 cm³/mol. The summed E-state index contributed by atoms with van der Waals surface area (Å²) in [6, 6.07) is 12.5. The summed E-state index contributed by atoms with van der Waals surface area (Å²) in [6.07, 6.45) is 3.27. The summed E-state index contributed by atoms with van der Waals surface area (Å²) in [5.74, 6) is -1.20. The molecule has 0 bridgehead atoms. The lowest BCUT2D eigenvalue weighted by atomic mass is 9.82. The number of rotatable bonds is 3. The molecule has 2 aliphatic rings. The number of amides is 3. The van der Waals surface area contributed by atoms with E-state index in [4.69, 9.17) is 0 Å². The van der Waals surface area contributed by atoms with E-state index in [0.717, 1.165) is 20.4 Å². The Morgan fingerprint density at radius 2 is 1.83 bits per heavy atom. The first-order valence-corrected chi connectivity index (χ1v) is 10.6. The van der Waals surface area contributed by atoms with Crippen molar-refractivity contribution in [1.29, 1.82) is 0 Å². The number of anilines is 2. The van der Waals surface area contributed by atoms with Crippen LogP contribution in [0.5, 0.6) is 0 Å². The van der Waals surface area contributed by atoms with Crippen LogP contribution in [0.25, 0.3) is 0 Å². The average Bonchev–Trinajstić information content (AvgIpc) is 2.94. The number of fused-ring (bicyclic) bond motifs is 1. The highest BCUT2D eigenvalue weighted by atomic mass is 127. The summed E-state index contributed by atoms with van der Waals surface area (Å²) in [6.45, 7) is 3.93. The fourth-order valence-corrected chi connectivity index (χ4v) is 4.69. The molecule has 0 radical (unpaired) electrons. The quantitative estimate of drug-likeness (QED) is 0.378. The number of benzene rings is 2. The van der Waals surface area contributed by atoms with E-state index in [1.165, 1.54) is 4.90 Å². The van der Waals surface area contributed by atoms with Gasteiger partial charge in [0, 0.05) is 14.8 Å². The number of carbonyl (C=O) groups is 3. The lowest BCUT2D eigenvalue weighted by Crippen LogP contribution is -2.31. The molecule has 4 rings (SSSR count). The van der Waals surface area contributed by atoms with Crippen molar-refractivity contribution < 1.29 is 14.4 Å². The zero-order valence-corrected chi connectivity index (χ0v) is 18.4. The fourth-order valence-electron chi connectivity index (χ4n) is 4.04. The molecule has 1 saturated heterocycles. The van der Waals surface area contributed by atoms with Crippen LogP contribution >= 0.6 is 22.6 Å². The van der Waals surface area contributed by atoms with Gasteiger partial charge in [-0.2, -0.15) is 0 Å². The smallest absolute Gasteiger partial charge is 0.255 e. The minimum atomic E-state index is -0.293. The number of nitrogens with one attached hydrogen (secondary N) is 1. The van der Waals surface area contributed by atoms with Crippen LogP contribution < -0.4 is 10.2 Å². The molecule has 0 unspecified atom stereocenters. The van der Waals surface area contributed by atoms with Gasteiger partial charge < -0.3 is 5.32 Å². The molecule has 1 heterocycles. The third-order valence-electron chi connectivity index (χ3n) is 5.63. The van der Waals surface area contributed by atoms with Gasteiger partial charge >= 0.3 is 0 Å². The topological polar surface area (TPSA) is 66.5 Å². The van der Waals surface area contributed by atoms with Crippen molar-refractivity contribution in [3.8, 4) is 0 Å². The first-order valence-electron chi connectivity index (χ1n) is 9.56. The number of allylic oxidation sites excluding steroid dienone is 2. The zero-order chi connectivity index (χ0) is 20.7. The molecule has 148 valence electrons. The highest BCUT2D eigenvalue weighted by molar-refractivity contribution is 14.1. The molecule has 2 atom stereocenters. The maximum Gasteiger partial charge on any atom is 0.255 e. The zero-order valence-electron chi connectivity index (χ0n) is 16.2. The van der Waals surface area contributed by atoms with Crippen LogP contribution in [0.2, 0.25) is 0 Å². The summed E-state index contributed by atoms with van der Waals surface area (Å²) in [5.41, 5.74) is 3.72. The third-order valence-corrected chi connectivity index (χ3v) is 6.30. The van der Waals surface area contributed by atoms with Crippen molar-refractivity contribution in [1.82, 2.24) is 0 Å². The minimum Gasteiger partial charge on any atom is -0.322 e. The van der Waals surface area contributed by atoms with E-state index in [-0.39, 0.29) is 29.6 Å². The second kappa shape index (κ2) is 7.74. The SMILES string of the molecule is CC1=CC[C@@H]2C(=O)N(c3cccc(C(=O)Nc4ccc(I)cc4C)c3)C(=O)[C@@H]2C1.